The zero-order valence-electron chi connectivity index (χ0n) is 15.7. The number of aryl methyl sites for hydroxylation is 1. The lowest BCUT2D eigenvalue weighted by Crippen LogP contribution is -2.47. The Morgan fingerprint density at radius 1 is 1.25 bits per heavy atom. The standard InChI is InChI=1S/C21H22N4O3/c1-15-2-7-18(12-22-15)28-14-19-13-25(10-11-27-19)21(26)17-5-3-16(4-6-17)20-8-9-23-24-20/h2-9,12,19H,10-11,13-14H2,1H3,(H,23,24). The molecule has 0 bridgehead atoms. The van der Waals surface area contributed by atoms with Gasteiger partial charge in [0.2, 0.25) is 0 Å². The summed E-state index contributed by atoms with van der Waals surface area (Å²) in [5.74, 6) is 0.702. The summed E-state index contributed by atoms with van der Waals surface area (Å²) in [6, 6.07) is 13.2. The minimum Gasteiger partial charge on any atom is -0.489 e. The van der Waals surface area contributed by atoms with Gasteiger partial charge in [-0.3, -0.25) is 14.9 Å². The van der Waals surface area contributed by atoms with Crippen molar-refractivity contribution in [2.45, 2.75) is 13.0 Å². The van der Waals surface area contributed by atoms with Crippen LogP contribution >= 0.6 is 0 Å². The van der Waals surface area contributed by atoms with Gasteiger partial charge in [0, 0.05) is 24.0 Å². The molecule has 2 aromatic heterocycles. The molecule has 1 aliphatic rings. The highest BCUT2D eigenvalue weighted by Crippen LogP contribution is 2.19. The number of amides is 1. The summed E-state index contributed by atoms with van der Waals surface area (Å²) in [4.78, 5) is 18.9. The van der Waals surface area contributed by atoms with Gasteiger partial charge in [0.05, 0.1) is 25.0 Å². The van der Waals surface area contributed by atoms with Crippen molar-refractivity contribution in [3.63, 3.8) is 0 Å². The average molecular weight is 378 g/mol. The Labute approximate surface area is 163 Å². The van der Waals surface area contributed by atoms with Gasteiger partial charge in [0.1, 0.15) is 18.5 Å². The summed E-state index contributed by atoms with van der Waals surface area (Å²) in [7, 11) is 0. The molecule has 1 atom stereocenters. The van der Waals surface area contributed by atoms with Crippen molar-refractivity contribution in [3.8, 4) is 17.0 Å². The van der Waals surface area contributed by atoms with Crippen LogP contribution in [-0.2, 0) is 4.74 Å². The lowest BCUT2D eigenvalue weighted by molar-refractivity contribution is -0.0401. The largest absolute Gasteiger partial charge is 0.489 e. The first-order valence-electron chi connectivity index (χ1n) is 9.25. The number of nitrogens with zero attached hydrogens (tertiary/aromatic N) is 3. The molecule has 7 nitrogen and oxygen atoms in total. The highest BCUT2D eigenvalue weighted by atomic mass is 16.5. The number of ether oxygens (including phenoxy) is 2. The molecule has 3 heterocycles. The number of H-pyrrole nitrogens is 1. The highest BCUT2D eigenvalue weighted by Gasteiger charge is 2.25. The Bertz CT molecular complexity index is 908. The van der Waals surface area contributed by atoms with E-state index in [2.05, 4.69) is 15.2 Å². The van der Waals surface area contributed by atoms with Crippen molar-refractivity contribution in [2.24, 2.45) is 0 Å². The van der Waals surface area contributed by atoms with Gasteiger partial charge in [-0.2, -0.15) is 5.10 Å². The number of aromatic amines is 1. The Hall–Kier alpha value is -3.19. The highest BCUT2D eigenvalue weighted by molar-refractivity contribution is 5.94. The molecular weight excluding hydrogens is 356 g/mol. The van der Waals surface area contributed by atoms with Crippen molar-refractivity contribution >= 4 is 5.91 Å². The van der Waals surface area contributed by atoms with E-state index in [4.69, 9.17) is 9.47 Å². The predicted molar refractivity (Wildman–Crippen MR) is 104 cm³/mol. The van der Waals surface area contributed by atoms with Gasteiger partial charge in [-0.15, -0.1) is 0 Å². The molecule has 1 aliphatic heterocycles. The van der Waals surface area contributed by atoms with E-state index < -0.39 is 0 Å². The van der Waals surface area contributed by atoms with Gasteiger partial charge in [0.25, 0.3) is 5.91 Å². The number of aromatic nitrogens is 3. The molecule has 1 amide bonds. The first-order valence-corrected chi connectivity index (χ1v) is 9.25. The number of benzene rings is 1. The number of hydrogen-bond donors (Lipinski definition) is 1. The molecule has 3 aromatic rings. The average Bonchev–Trinajstić information content (AvgIpc) is 3.28. The van der Waals surface area contributed by atoms with Crippen LogP contribution in [-0.4, -0.2) is 58.4 Å². The number of nitrogens with one attached hydrogen (secondary N) is 1. The van der Waals surface area contributed by atoms with Crippen LogP contribution in [0.5, 0.6) is 5.75 Å². The smallest absolute Gasteiger partial charge is 0.254 e. The van der Waals surface area contributed by atoms with E-state index in [1.54, 1.807) is 12.4 Å². The van der Waals surface area contributed by atoms with Crippen LogP contribution in [0.4, 0.5) is 0 Å². The van der Waals surface area contributed by atoms with Crippen LogP contribution in [0.3, 0.4) is 0 Å². The molecule has 0 spiro atoms. The van der Waals surface area contributed by atoms with Crippen molar-refractivity contribution in [1.29, 1.82) is 0 Å². The van der Waals surface area contributed by atoms with Crippen LogP contribution in [0.1, 0.15) is 16.1 Å². The van der Waals surface area contributed by atoms with Crippen molar-refractivity contribution in [1.82, 2.24) is 20.1 Å². The predicted octanol–water partition coefficient (Wildman–Crippen LogP) is 2.70. The van der Waals surface area contributed by atoms with Gasteiger partial charge >= 0.3 is 0 Å². The Morgan fingerprint density at radius 3 is 2.82 bits per heavy atom. The Balaban J connectivity index is 1.35. The maximum Gasteiger partial charge on any atom is 0.254 e. The fourth-order valence-corrected chi connectivity index (χ4v) is 3.13. The molecule has 1 saturated heterocycles. The van der Waals surface area contributed by atoms with Crippen molar-refractivity contribution in [2.75, 3.05) is 26.3 Å². The quantitative estimate of drug-likeness (QED) is 0.738. The molecule has 0 saturated carbocycles. The van der Waals surface area contributed by atoms with Crippen LogP contribution < -0.4 is 4.74 Å². The summed E-state index contributed by atoms with van der Waals surface area (Å²) in [6.45, 7) is 3.88. The van der Waals surface area contributed by atoms with E-state index in [0.717, 1.165) is 17.0 Å². The zero-order valence-corrected chi connectivity index (χ0v) is 15.7. The van der Waals surface area contributed by atoms with Crippen LogP contribution in [0.2, 0.25) is 0 Å². The third kappa shape index (κ3) is 4.20. The normalized spacial score (nSPS) is 16.8. The summed E-state index contributed by atoms with van der Waals surface area (Å²) in [5, 5.41) is 6.87. The first-order chi connectivity index (χ1) is 13.7. The number of morpholine rings is 1. The second-order valence-electron chi connectivity index (χ2n) is 6.74. The Morgan fingerprint density at radius 2 is 2.11 bits per heavy atom. The summed E-state index contributed by atoms with van der Waals surface area (Å²) >= 11 is 0. The van der Waals surface area contributed by atoms with Gasteiger partial charge in [-0.1, -0.05) is 12.1 Å². The monoisotopic (exact) mass is 378 g/mol. The first kappa shape index (κ1) is 18.2. The number of rotatable bonds is 5. The van der Waals surface area contributed by atoms with Crippen LogP contribution in [0.15, 0.2) is 54.9 Å². The molecule has 0 aliphatic carbocycles. The molecule has 144 valence electrons. The van der Waals surface area contributed by atoms with Gasteiger partial charge in [-0.25, -0.2) is 0 Å². The van der Waals surface area contributed by atoms with Crippen molar-refractivity contribution < 1.29 is 14.3 Å². The minimum atomic E-state index is -0.164. The maximum atomic E-state index is 12.9. The molecule has 1 N–H and O–H groups in total. The van der Waals surface area contributed by atoms with Gasteiger partial charge < -0.3 is 14.4 Å². The van der Waals surface area contributed by atoms with E-state index in [-0.39, 0.29) is 12.0 Å². The maximum absolute atomic E-state index is 12.9. The number of hydrogen-bond acceptors (Lipinski definition) is 5. The lowest BCUT2D eigenvalue weighted by atomic mass is 10.1. The number of carbonyl (C=O) groups excluding carboxylic acids is 1. The van der Waals surface area contributed by atoms with E-state index in [1.165, 1.54) is 0 Å². The molecule has 28 heavy (non-hydrogen) atoms. The summed E-state index contributed by atoms with van der Waals surface area (Å²) in [5.41, 5.74) is 3.52. The fraction of sp³-hybridized carbons (Fsp3) is 0.286. The molecule has 0 radical (unpaired) electrons. The molecule has 4 rings (SSSR count). The van der Waals surface area contributed by atoms with Crippen molar-refractivity contribution in [3.05, 3.63) is 66.1 Å². The van der Waals surface area contributed by atoms with E-state index >= 15 is 0 Å². The zero-order chi connectivity index (χ0) is 19.3. The molecule has 1 fully saturated rings. The molecule has 1 aromatic carbocycles. The third-order valence-electron chi connectivity index (χ3n) is 4.69. The van der Waals surface area contributed by atoms with E-state index in [1.807, 2.05) is 54.3 Å². The lowest BCUT2D eigenvalue weighted by Gasteiger charge is -2.33. The molecular formula is C21H22N4O3. The van der Waals surface area contributed by atoms with Gasteiger partial charge in [-0.05, 0) is 42.8 Å². The van der Waals surface area contributed by atoms with Crippen LogP contribution in [0.25, 0.3) is 11.3 Å². The second kappa shape index (κ2) is 8.22. The minimum absolute atomic E-state index is 0.00135. The van der Waals surface area contributed by atoms with Gasteiger partial charge in [0.15, 0.2) is 0 Å². The fourth-order valence-electron chi connectivity index (χ4n) is 3.13. The SMILES string of the molecule is Cc1ccc(OCC2CN(C(=O)c3ccc(-c4ccn[nH]4)cc3)CCO2)cn1. The number of pyridine rings is 1. The summed E-state index contributed by atoms with van der Waals surface area (Å²) in [6.07, 6.45) is 3.24. The molecule has 7 heteroatoms. The van der Waals surface area contributed by atoms with E-state index in [0.29, 0.717) is 37.6 Å². The second-order valence-corrected chi connectivity index (χ2v) is 6.74. The third-order valence-corrected chi connectivity index (χ3v) is 4.69. The topological polar surface area (TPSA) is 80.3 Å². The summed E-state index contributed by atoms with van der Waals surface area (Å²) < 4.78 is 11.5. The van der Waals surface area contributed by atoms with E-state index in [9.17, 15) is 4.79 Å². The molecule has 1 unspecified atom stereocenters. The number of carbonyl (C=O) groups is 1. The van der Waals surface area contributed by atoms with Crippen LogP contribution in [0, 0.1) is 6.92 Å². The Kier molecular flexibility index (Phi) is 5.34.